The molecule has 0 aliphatic carbocycles. The molecular formula is C30H24ClF3N2O3. The number of alkyl halides is 3. The van der Waals surface area contributed by atoms with E-state index in [0.717, 1.165) is 28.8 Å². The van der Waals surface area contributed by atoms with Crippen LogP contribution >= 0.6 is 11.6 Å². The fourth-order valence-corrected chi connectivity index (χ4v) is 4.61. The number of nitrogens with one attached hydrogen (secondary N) is 1. The molecule has 1 heterocycles. The van der Waals surface area contributed by atoms with Gasteiger partial charge in [-0.05, 0) is 77.4 Å². The first-order valence-corrected chi connectivity index (χ1v) is 12.5. The lowest BCUT2D eigenvalue weighted by molar-refractivity contribution is -0.137. The van der Waals surface area contributed by atoms with Gasteiger partial charge in [0.2, 0.25) is 0 Å². The maximum Gasteiger partial charge on any atom is 0.416 e. The number of ether oxygens (including phenoxy) is 2. The molecule has 0 saturated carbocycles. The largest absolute Gasteiger partial charge is 0.496 e. The summed E-state index contributed by atoms with van der Waals surface area (Å²) in [5, 5.41) is 3.42. The maximum absolute atomic E-state index is 13.1. The van der Waals surface area contributed by atoms with Crippen molar-refractivity contribution in [1.29, 1.82) is 0 Å². The maximum atomic E-state index is 13.1. The van der Waals surface area contributed by atoms with Crippen LogP contribution in [0.1, 0.15) is 22.7 Å². The minimum Gasteiger partial charge on any atom is -0.496 e. The number of hydrogen-bond donors (Lipinski definition) is 1. The van der Waals surface area contributed by atoms with E-state index in [1.54, 1.807) is 42.3 Å². The van der Waals surface area contributed by atoms with Crippen LogP contribution in [0.3, 0.4) is 0 Å². The molecule has 0 bridgehead atoms. The lowest BCUT2D eigenvalue weighted by Crippen LogP contribution is -2.27. The van der Waals surface area contributed by atoms with Crippen LogP contribution in [0.2, 0.25) is 5.02 Å². The number of hydrogen-bond acceptors (Lipinski definition) is 3. The first-order chi connectivity index (χ1) is 18.7. The van der Waals surface area contributed by atoms with Gasteiger partial charge in [-0.25, -0.2) is 4.79 Å². The van der Waals surface area contributed by atoms with E-state index in [-0.39, 0.29) is 19.1 Å². The Hall–Kier alpha value is -4.17. The van der Waals surface area contributed by atoms with Crippen molar-refractivity contribution in [2.45, 2.75) is 18.8 Å². The van der Waals surface area contributed by atoms with Crippen LogP contribution in [-0.4, -0.2) is 24.6 Å². The summed E-state index contributed by atoms with van der Waals surface area (Å²) in [5.41, 5.74) is 2.26. The van der Waals surface area contributed by atoms with Crippen LogP contribution in [0.5, 0.6) is 17.2 Å². The van der Waals surface area contributed by atoms with Crippen LogP contribution in [0.15, 0.2) is 91.0 Å². The number of rotatable bonds is 7. The van der Waals surface area contributed by atoms with Crippen LogP contribution in [0.4, 0.5) is 18.0 Å². The first-order valence-electron chi connectivity index (χ1n) is 12.1. The third kappa shape index (κ3) is 6.12. The van der Waals surface area contributed by atoms with Crippen molar-refractivity contribution < 1.29 is 27.4 Å². The van der Waals surface area contributed by atoms with E-state index in [2.05, 4.69) is 5.32 Å². The van der Waals surface area contributed by atoms with Gasteiger partial charge in [-0.1, -0.05) is 41.9 Å². The fourth-order valence-electron chi connectivity index (χ4n) is 4.49. The Morgan fingerprint density at radius 2 is 1.64 bits per heavy atom. The van der Waals surface area contributed by atoms with E-state index in [1.807, 2.05) is 42.5 Å². The third-order valence-corrected chi connectivity index (χ3v) is 6.71. The Kier molecular flexibility index (Phi) is 7.39. The second kappa shape index (κ2) is 10.9. The number of methoxy groups -OCH3 is 1. The van der Waals surface area contributed by atoms with E-state index < -0.39 is 17.8 Å². The van der Waals surface area contributed by atoms with Crippen molar-refractivity contribution in [1.82, 2.24) is 10.2 Å². The number of carbonyl (C=O) groups is 1. The lowest BCUT2D eigenvalue weighted by atomic mass is 10.0. The Balaban J connectivity index is 1.31. The summed E-state index contributed by atoms with van der Waals surface area (Å²) in [7, 11) is 1.59. The van der Waals surface area contributed by atoms with Crippen molar-refractivity contribution >= 4 is 17.6 Å². The Bertz CT molecular complexity index is 1470. The summed E-state index contributed by atoms with van der Waals surface area (Å²) >= 11 is 5.93. The average Bonchev–Trinajstić information content (AvgIpc) is 3.30. The molecule has 1 aliphatic rings. The van der Waals surface area contributed by atoms with Gasteiger partial charge in [0.05, 0.1) is 18.7 Å². The molecule has 2 amide bonds. The van der Waals surface area contributed by atoms with Gasteiger partial charge in [-0.15, -0.1) is 0 Å². The molecule has 1 unspecified atom stereocenters. The van der Waals surface area contributed by atoms with Gasteiger partial charge in [0.15, 0.2) is 0 Å². The van der Waals surface area contributed by atoms with Gasteiger partial charge in [-0.2, -0.15) is 13.2 Å². The Morgan fingerprint density at radius 1 is 0.949 bits per heavy atom. The zero-order chi connectivity index (χ0) is 27.6. The number of amides is 2. The predicted molar refractivity (Wildman–Crippen MR) is 143 cm³/mol. The molecule has 1 fully saturated rings. The number of nitrogens with zero attached hydrogens (tertiary/aromatic N) is 1. The monoisotopic (exact) mass is 552 g/mol. The van der Waals surface area contributed by atoms with Gasteiger partial charge in [-0.3, -0.25) is 0 Å². The van der Waals surface area contributed by atoms with Crippen molar-refractivity contribution in [3.63, 3.8) is 0 Å². The summed E-state index contributed by atoms with van der Waals surface area (Å²) in [6.07, 6.45) is -4.45. The molecule has 0 aromatic heterocycles. The highest BCUT2D eigenvalue weighted by atomic mass is 35.5. The van der Waals surface area contributed by atoms with E-state index in [0.29, 0.717) is 27.8 Å². The molecule has 1 atom stereocenters. The zero-order valence-corrected chi connectivity index (χ0v) is 21.6. The summed E-state index contributed by atoms with van der Waals surface area (Å²) < 4.78 is 50.9. The molecule has 200 valence electrons. The van der Waals surface area contributed by atoms with E-state index in [1.165, 1.54) is 6.07 Å². The molecule has 4 aromatic rings. The summed E-state index contributed by atoms with van der Waals surface area (Å²) in [6.45, 7) is 0.536. The molecule has 5 rings (SSSR count). The molecule has 9 heteroatoms. The van der Waals surface area contributed by atoms with E-state index in [4.69, 9.17) is 21.1 Å². The van der Waals surface area contributed by atoms with Crippen LogP contribution in [-0.2, 0) is 12.7 Å². The molecule has 39 heavy (non-hydrogen) atoms. The molecule has 0 spiro atoms. The second-order valence-electron chi connectivity index (χ2n) is 9.12. The smallest absolute Gasteiger partial charge is 0.416 e. The average molecular weight is 553 g/mol. The van der Waals surface area contributed by atoms with Crippen LogP contribution in [0.25, 0.3) is 11.1 Å². The van der Waals surface area contributed by atoms with Crippen LogP contribution < -0.4 is 14.8 Å². The van der Waals surface area contributed by atoms with Crippen LogP contribution in [0, 0.1) is 0 Å². The number of benzene rings is 4. The molecule has 1 saturated heterocycles. The SMILES string of the molecule is COc1ccc(CN2CC(c3cccc(C(F)(F)F)c3)NC2=O)cc1-c1ccc(Oc2ccc(Cl)cc2)cc1. The highest BCUT2D eigenvalue weighted by Gasteiger charge is 2.34. The molecule has 0 radical (unpaired) electrons. The molecule has 1 aliphatic heterocycles. The number of urea groups is 1. The first kappa shape index (κ1) is 26.4. The van der Waals surface area contributed by atoms with E-state index >= 15 is 0 Å². The predicted octanol–water partition coefficient (Wildman–Crippen LogP) is 8.09. The number of halogens is 4. The summed E-state index contributed by atoms with van der Waals surface area (Å²) in [5.74, 6) is 1.99. The van der Waals surface area contributed by atoms with Crippen molar-refractivity contribution in [2.24, 2.45) is 0 Å². The zero-order valence-electron chi connectivity index (χ0n) is 20.8. The fraction of sp³-hybridized carbons (Fsp3) is 0.167. The molecule has 4 aromatic carbocycles. The topological polar surface area (TPSA) is 50.8 Å². The van der Waals surface area contributed by atoms with Crippen molar-refractivity contribution in [3.8, 4) is 28.4 Å². The second-order valence-corrected chi connectivity index (χ2v) is 9.56. The van der Waals surface area contributed by atoms with Crippen molar-refractivity contribution in [2.75, 3.05) is 13.7 Å². The minimum absolute atomic E-state index is 0.248. The van der Waals surface area contributed by atoms with Crippen molar-refractivity contribution in [3.05, 3.63) is 113 Å². The normalized spacial score (nSPS) is 15.3. The lowest BCUT2D eigenvalue weighted by Gasteiger charge is -2.17. The van der Waals surface area contributed by atoms with Gasteiger partial charge in [0.25, 0.3) is 0 Å². The summed E-state index contributed by atoms with van der Waals surface area (Å²) in [4.78, 5) is 14.3. The van der Waals surface area contributed by atoms with Gasteiger partial charge in [0, 0.05) is 23.7 Å². The van der Waals surface area contributed by atoms with E-state index in [9.17, 15) is 18.0 Å². The Labute approximate surface area is 228 Å². The highest BCUT2D eigenvalue weighted by Crippen LogP contribution is 2.35. The van der Waals surface area contributed by atoms with Gasteiger partial charge >= 0.3 is 12.2 Å². The molecule has 1 N–H and O–H groups in total. The molecular weight excluding hydrogens is 529 g/mol. The van der Waals surface area contributed by atoms with Gasteiger partial charge < -0.3 is 19.7 Å². The molecule has 5 nitrogen and oxygen atoms in total. The van der Waals surface area contributed by atoms with Gasteiger partial charge in [0.1, 0.15) is 17.2 Å². The number of carbonyl (C=O) groups excluding carboxylic acids is 1. The quantitative estimate of drug-likeness (QED) is 0.252. The Morgan fingerprint density at radius 3 is 2.31 bits per heavy atom. The standard InChI is InChI=1S/C30H24ClF3N2O3/c1-38-28-14-5-19(15-26(28)20-6-10-24(11-7-20)39-25-12-8-23(31)9-13-25)17-36-18-27(35-29(36)37)21-3-2-4-22(16-21)30(32,33)34/h2-16,27H,17-18H2,1H3,(H,35,37). The minimum atomic E-state index is -4.45. The highest BCUT2D eigenvalue weighted by molar-refractivity contribution is 6.30. The summed E-state index contributed by atoms with van der Waals surface area (Å²) in [6, 6.07) is 24.4. The third-order valence-electron chi connectivity index (χ3n) is 6.46.